The van der Waals surface area contributed by atoms with Crippen molar-refractivity contribution in [1.82, 2.24) is 24.7 Å². The van der Waals surface area contributed by atoms with Crippen molar-refractivity contribution in [3.63, 3.8) is 0 Å². The van der Waals surface area contributed by atoms with E-state index in [1.807, 2.05) is 30.5 Å². The van der Waals surface area contributed by atoms with Gasteiger partial charge >= 0.3 is 0 Å². The molecule has 2 aliphatic heterocycles. The minimum Gasteiger partial charge on any atom is -0.379 e. The van der Waals surface area contributed by atoms with Crippen LogP contribution in [0.4, 0.5) is 4.39 Å². The number of pyridine rings is 1. The first-order valence-corrected chi connectivity index (χ1v) is 12.2. The molecule has 0 radical (unpaired) electrons. The summed E-state index contributed by atoms with van der Waals surface area (Å²) in [7, 11) is 0. The summed E-state index contributed by atoms with van der Waals surface area (Å²) < 4.78 is 21.7. The number of aryl methyl sites for hydroxylation is 1. The molecule has 0 saturated carbocycles. The second kappa shape index (κ2) is 9.82. The van der Waals surface area contributed by atoms with Gasteiger partial charge in [-0.15, -0.1) is 0 Å². The summed E-state index contributed by atoms with van der Waals surface area (Å²) in [5, 5.41) is 4.28. The van der Waals surface area contributed by atoms with Gasteiger partial charge in [0.25, 0.3) is 0 Å². The highest BCUT2D eigenvalue weighted by Crippen LogP contribution is 2.41. The molecule has 178 valence electrons. The molecule has 3 aromatic rings. The topological polar surface area (TPSA) is 45.6 Å². The third kappa shape index (κ3) is 4.45. The molecule has 2 fully saturated rings. The first-order chi connectivity index (χ1) is 16.5. The summed E-state index contributed by atoms with van der Waals surface area (Å²) in [5.74, 6) is -0.242. The van der Waals surface area contributed by atoms with Crippen molar-refractivity contribution in [3.8, 4) is 5.69 Å². The van der Waals surface area contributed by atoms with Crippen molar-refractivity contribution in [2.75, 3.05) is 39.4 Å². The molecule has 2 aliphatic rings. The minimum atomic E-state index is -0.242. The first-order valence-electron chi connectivity index (χ1n) is 11.8. The van der Waals surface area contributed by atoms with E-state index in [1.54, 1.807) is 12.1 Å². The van der Waals surface area contributed by atoms with Crippen LogP contribution >= 0.6 is 12.2 Å². The summed E-state index contributed by atoms with van der Waals surface area (Å²) in [6.07, 6.45) is 1.82. The van der Waals surface area contributed by atoms with Gasteiger partial charge in [-0.3, -0.25) is 9.88 Å². The number of ether oxygens (including phenoxy) is 1. The van der Waals surface area contributed by atoms with Gasteiger partial charge < -0.3 is 19.5 Å². The molecule has 6 nitrogen and oxygen atoms in total. The van der Waals surface area contributed by atoms with Gasteiger partial charge in [0, 0.05) is 49.5 Å². The smallest absolute Gasteiger partial charge is 0.170 e. The van der Waals surface area contributed by atoms with Crippen LogP contribution in [0.1, 0.15) is 34.7 Å². The number of halogens is 1. The lowest BCUT2D eigenvalue weighted by atomic mass is 9.96. The molecule has 8 heteroatoms. The molecule has 2 aromatic heterocycles. The minimum absolute atomic E-state index is 0.0167. The molecule has 2 atom stereocenters. The van der Waals surface area contributed by atoms with Gasteiger partial charge in [-0.25, -0.2) is 4.39 Å². The maximum absolute atomic E-state index is 14.0. The molecular weight excluding hydrogens is 449 g/mol. The number of nitrogens with one attached hydrogen (secondary N) is 1. The van der Waals surface area contributed by atoms with Crippen molar-refractivity contribution in [2.45, 2.75) is 25.9 Å². The number of aromatic nitrogens is 2. The van der Waals surface area contributed by atoms with Crippen LogP contribution in [0.3, 0.4) is 0 Å². The second-order valence-corrected chi connectivity index (χ2v) is 9.30. The van der Waals surface area contributed by atoms with Crippen LogP contribution in [0.5, 0.6) is 0 Å². The molecule has 0 bridgehead atoms. The summed E-state index contributed by atoms with van der Waals surface area (Å²) >= 11 is 5.84. The fourth-order valence-electron chi connectivity index (χ4n) is 5.16. The van der Waals surface area contributed by atoms with Crippen LogP contribution in [0.15, 0.2) is 54.7 Å². The Morgan fingerprint density at radius 2 is 1.91 bits per heavy atom. The zero-order valence-corrected chi connectivity index (χ0v) is 20.4. The average molecular weight is 480 g/mol. The standard InChI is InChI=1S/C26H30FN5OS/c1-18-16-22(19(2)32(18)21-7-5-6-20(27)17-21)25-24(23-8-3-4-9-28-23)29-26(34)31(25)11-10-30-12-14-33-15-13-30/h3-9,16-17,24-25H,10-15H2,1-2H3,(H,29,34)/t24-,25-/m0/s1. The first kappa shape index (κ1) is 23.0. The Morgan fingerprint density at radius 1 is 1.09 bits per heavy atom. The van der Waals surface area contributed by atoms with Crippen LogP contribution in [0.25, 0.3) is 5.69 Å². The largest absolute Gasteiger partial charge is 0.379 e. The Hall–Kier alpha value is -2.81. The molecule has 1 N–H and O–H groups in total. The quantitative estimate of drug-likeness (QED) is 0.541. The molecule has 0 unspecified atom stereocenters. The predicted molar refractivity (Wildman–Crippen MR) is 135 cm³/mol. The molecule has 34 heavy (non-hydrogen) atoms. The molecule has 5 rings (SSSR count). The molecule has 0 aliphatic carbocycles. The number of benzene rings is 1. The Morgan fingerprint density at radius 3 is 2.65 bits per heavy atom. The van der Waals surface area contributed by atoms with E-state index in [1.165, 1.54) is 11.6 Å². The van der Waals surface area contributed by atoms with E-state index < -0.39 is 0 Å². The van der Waals surface area contributed by atoms with Crippen molar-refractivity contribution >= 4 is 17.3 Å². The van der Waals surface area contributed by atoms with E-state index in [2.05, 4.69) is 44.6 Å². The number of thiocarbonyl (C=S) groups is 1. The SMILES string of the molecule is Cc1cc([C@H]2[C@H](c3ccccn3)NC(=S)N2CCN2CCOCC2)c(C)n1-c1cccc(F)c1. The number of hydrogen-bond acceptors (Lipinski definition) is 4. The van der Waals surface area contributed by atoms with E-state index in [4.69, 9.17) is 17.0 Å². The van der Waals surface area contributed by atoms with Crippen LogP contribution in [-0.4, -0.2) is 63.9 Å². The fraction of sp³-hybridized carbons (Fsp3) is 0.385. The van der Waals surface area contributed by atoms with Crippen molar-refractivity contribution in [3.05, 3.63) is 83.2 Å². The third-order valence-corrected chi connectivity index (χ3v) is 7.17. The van der Waals surface area contributed by atoms with E-state index in [-0.39, 0.29) is 17.9 Å². The van der Waals surface area contributed by atoms with Crippen LogP contribution in [-0.2, 0) is 4.74 Å². The molecule has 2 saturated heterocycles. The van der Waals surface area contributed by atoms with E-state index in [9.17, 15) is 4.39 Å². The van der Waals surface area contributed by atoms with Gasteiger partial charge in [0.2, 0.25) is 0 Å². The lowest BCUT2D eigenvalue weighted by Gasteiger charge is -2.32. The highest BCUT2D eigenvalue weighted by molar-refractivity contribution is 7.80. The van der Waals surface area contributed by atoms with E-state index in [0.29, 0.717) is 0 Å². The van der Waals surface area contributed by atoms with Crippen molar-refractivity contribution in [1.29, 1.82) is 0 Å². The van der Waals surface area contributed by atoms with Crippen LogP contribution in [0.2, 0.25) is 0 Å². The highest BCUT2D eigenvalue weighted by atomic mass is 32.1. The van der Waals surface area contributed by atoms with Gasteiger partial charge in [0.15, 0.2) is 5.11 Å². The fourth-order valence-corrected chi connectivity index (χ4v) is 5.49. The summed E-state index contributed by atoms with van der Waals surface area (Å²) in [6, 6.07) is 14.8. The number of nitrogens with zero attached hydrogens (tertiary/aromatic N) is 4. The van der Waals surface area contributed by atoms with Gasteiger partial charge in [-0.1, -0.05) is 12.1 Å². The molecule has 0 spiro atoms. The van der Waals surface area contributed by atoms with E-state index >= 15 is 0 Å². The Balaban J connectivity index is 1.52. The highest BCUT2D eigenvalue weighted by Gasteiger charge is 2.41. The lowest BCUT2D eigenvalue weighted by molar-refractivity contribution is 0.0350. The normalized spacial score (nSPS) is 21.1. The van der Waals surface area contributed by atoms with Gasteiger partial charge in [-0.05, 0) is 68.0 Å². The predicted octanol–water partition coefficient (Wildman–Crippen LogP) is 3.93. The number of morpholine rings is 1. The Labute approximate surface area is 205 Å². The Kier molecular flexibility index (Phi) is 6.63. The summed E-state index contributed by atoms with van der Waals surface area (Å²) in [4.78, 5) is 9.37. The van der Waals surface area contributed by atoms with Gasteiger partial charge in [0.05, 0.1) is 31.0 Å². The molecule has 1 aromatic carbocycles. The van der Waals surface area contributed by atoms with Crippen molar-refractivity contribution in [2.24, 2.45) is 0 Å². The number of hydrogen-bond donors (Lipinski definition) is 1. The molecule has 0 amide bonds. The zero-order valence-electron chi connectivity index (χ0n) is 19.6. The lowest BCUT2D eigenvalue weighted by Crippen LogP contribution is -2.42. The summed E-state index contributed by atoms with van der Waals surface area (Å²) in [5.41, 5.74) is 5.09. The second-order valence-electron chi connectivity index (χ2n) is 8.92. The maximum atomic E-state index is 14.0. The molecule has 4 heterocycles. The zero-order chi connectivity index (χ0) is 23.7. The maximum Gasteiger partial charge on any atom is 0.170 e. The summed E-state index contributed by atoms with van der Waals surface area (Å²) in [6.45, 7) is 9.32. The molecular formula is C26H30FN5OS. The van der Waals surface area contributed by atoms with Crippen molar-refractivity contribution < 1.29 is 9.13 Å². The monoisotopic (exact) mass is 479 g/mol. The third-order valence-electron chi connectivity index (χ3n) is 6.81. The number of rotatable bonds is 6. The van der Waals surface area contributed by atoms with Gasteiger partial charge in [-0.2, -0.15) is 0 Å². The van der Waals surface area contributed by atoms with E-state index in [0.717, 1.165) is 67.3 Å². The Bertz CT molecular complexity index is 1160. The van der Waals surface area contributed by atoms with Crippen LogP contribution < -0.4 is 5.32 Å². The van der Waals surface area contributed by atoms with Crippen LogP contribution in [0, 0.1) is 19.7 Å². The van der Waals surface area contributed by atoms with Gasteiger partial charge in [0.1, 0.15) is 5.82 Å². The average Bonchev–Trinajstić information content (AvgIpc) is 3.33.